The number of benzene rings is 4. The average molecular weight is 563 g/mol. The minimum Gasteiger partial charge on any atom is -0.744 e. The van der Waals surface area contributed by atoms with E-state index in [1.165, 1.54) is 36.4 Å². The van der Waals surface area contributed by atoms with E-state index in [0.717, 1.165) is 22.3 Å². The van der Waals surface area contributed by atoms with E-state index in [1.54, 1.807) is 24.3 Å². The fourth-order valence-electron chi connectivity index (χ4n) is 3.51. The maximum Gasteiger partial charge on any atom is 1.00 e. The summed E-state index contributed by atoms with van der Waals surface area (Å²) in [5.41, 5.74) is 5.07. The van der Waals surface area contributed by atoms with E-state index in [2.05, 4.69) is 0 Å². The molecule has 4 aromatic carbocycles. The smallest absolute Gasteiger partial charge is 0.744 e. The maximum atomic E-state index is 11.2. The third-order valence-electron chi connectivity index (χ3n) is 5.38. The Balaban J connectivity index is 0.00000253. The van der Waals surface area contributed by atoms with Crippen molar-refractivity contribution in [1.29, 1.82) is 0 Å². The number of hydrogen-bond acceptors (Lipinski definition) is 6. The molecule has 0 aliphatic heterocycles. The molecule has 0 unspecified atom stereocenters. The first-order chi connectivity index (χ1) is 17.1. The fraction of sp³-hybridized carbons (Fsp3) is 0. The zero-order valence-corrected chi connectivity index (χ0v) is 26.4. The Morgan fingerprint density at radius 1 is 0.447 bits per heavy atom. The van der Waals surface area contributed by atoms with Crippen molar-refractivity contribution in [2.24, 2.45) is 0 Å². The summed E-state index contributed by atoms with van der Waals surface area (Å²) >= 11 is 0. The standard InChI is InChI=1S/C28H22O6S2.2Na/c29-35(30,31)27-5-1-3-23(19-27)9-7-21-11-15-25(16-12-21)26-17-13-22(14-18-26)8-10-24-4-2-6-28(20-24)36(32,33)34;;/h1-20H,(H,29,30,31)(H,32,33,34);;/q;2*+1/p-2/b9-7+,10-8+;;. The molecular weight excluding hydrogens is 542 g/mol. The van der Waals surface area contributed by atoms with Gasteiger partial charge in [-0.05, 0) is 57.6 Å². The van der Waals surface area contributed by atoms with Gasteiger partial charge in [-0.3, -0.25) is 0 Å². The molecule has 4 aromatic rings. The third kappa shape index (κ3) is 9.14. The predicted molar refractivity (Wildman–Crippen MR) is 139 cm³/mol. The Morgan fingerprint density at radius 2 is 0.763 bits per heavy atom. The Morgan fingerprint density at radius 3 is 1.08 bits per heavy atom. The van der Waals surface area contributed by atoms with Gasteiger partial charge in [-0.25, -0.2) is 16.8 Å². The van der Waals surface area contributed by atoms with Crippen LogP contribution in [-0.4, -0.2) is 25.9 Å². The van der Waals surface area contributed by atoms with Crippen molar-refractivity contribution in [3.63, 3.8) is 0 Å². The van der Waals surface area contributed by atoms with Crippen LogP contribution in [0.5, 0.6) is 0 Å². The molecule has 182 valence electrons. The second kappa shape index (κ2) is 14.0. The molecule has 0 fully saturated rings. The van der Waals surface area contributed by atoms with Crippen molar-refractivity contribution in [3.05, 3.63) is 119 Å². The van der Waals surface area contributed by atoms with E-state index in [0.29, 0.717) is 11.1 Å². The van der Waals surface area contributed by atoms with E-state index in [9.17, 15) is 25.9 Å². The van der Waals surface area contributed by atoms with Crippen LogP contribution in [0.3, 0.4) is 0 Å². The molecule has 0 radical (unpaired) electrons. The minimum absolute atomic E-state index is 0. The molecule has 0 aliphatic carbocycles. The molecule has 4 rings (SSSR count). The van der Waals surface area contributed by atoms with Gasteiger partial charge in [0.25, 0.3) is 0 Å². The van der Waals surface area contributed by atoms with Gasteiger partial charge in [0.05, 0.1) is 9.79 Å². The van der Waals surface area contributed by atoms with Crippen LogP contribution in [0.2, 0.25) is 0 Å². The van der Waals surface area contributed by atoms with Gasteiger partial charge < -0.3 is 9.11 Å². The summed E-state index contributed by atoms with van der Waals surface area (Å²) < 4.78 is 67.1. The van der Waals surface area contributed by atoms with Gasteiger partial charge in [0.2, 0.25) is 0 Å². The molecule has 0 aromatic heterocycles. The Labute approximate surface area is 267 Å². The molecule has 0 spiro atoms. The van der Waals surface area contributed by atoms with Crippen LogP contribution in [-0.2, 0) is 20.2 Å². The molecule has 0 heterocycles. The van der Waals surface area contributed by atoms with E-state index in [-0.39, 0.29) is 68.9 Å². The SMILES string of the molecule is O=S(=O)([O-])c1cccc(/C=C/c2ccc(-c3ccc(/C=C/c4cccc(S(=O)(=O)[O-])c4)cc3)cc2)c1.[Na+].[Na+]. The van der Waals surface area contributed by atoms with Crippen LogP contribution in [0.1, 0.15) is 22.3 Å². The summed E-state index contributed by atoms with van der Waals surface area (Å²) in [4.78, 5) is -0.524. The van der Waals surface area contributed by atoms with Gasteiger partial charge in [0.1, 0.15) is 20.2 Å². The molecule has 0 aliphatic rings. The van der Waals surface area contributed by atoms with Gasteiger partial charge in [-0.2, -0.15) is 0 Å². The van der Waals surface area contributed by atoms with Crippen LogP contribution in [0.25, 0.3) is 35.4 Å². The fourth-order valence-corrected chi connectivity index (χ4v) is 4.56. The molecule has 6 nitrogen and oxygen atoms in total. The third-order valence-corrected chi connectivity index (χ3v) is 7.05. The number of hydrogen-bond donors (Lipinski definition) is 0. The largest absolute Gasteiger partial charge is 1.00 e. The van der Waals surface area contributed by atoms with Crippen LogP contribution in [0.4, 0.5) is 0 Å². The monoisotopic (exact) mass is 562 g/mol. The van der Waals surface area contributed by atoms with Gasteiger partial charge in [-0.15, -0.1) is 0 Å². The van der Waals surface area contributed by atoms with Crippen molar-refractivity contribution in [3.8, 4) is 11.1 Å². The molecular formula is C28H20Na2O6S2. The van der Waals surface area contributed by atoms with Crippen LogP contribution >= 0.6 is 0 Å². The van der Waals surface area contributed by atoms with Crippen molar-refractivity contribution in [1.82, 2.24) is 0 Å². The van der Waals surface area contributed by atoms with Gasteiger partial charge in [0, 0.05) is 0 Å². The normalized spacial score (nSPS) is 11.7. The molecule has 10 heteroatoms. The summed E-state index contributed by atoms with van der Waals surface area (Å²) in [7, 11) is -8.99. The minimum atomic E-state index is -4.49. The van der Waals surface area contributed by atoms with Crippen LogP contribution < -0.4 is 59.1 Å². The van der Waals surface area contributed by atoms with Crippen molar-refractivity contribution >= 4 is 44.5 Å². The molecule has 0 bridgehead atoms. The quantitative estimate of drug-likeness (QED) is 0.171. The summed E-state index contributed by atoms with van der Waals surface area (Å²) in [6, 6.07) is 27.3. The van der Waals surface area contributed by atoms with Crippen molar-refractivity contribution < 1.29 is 85.1 Å². The summed E-state index contributed by atoms with van der Waals surface area (Å²) in [5.74, 6) is 0. The van der Waals surface area contributed by atoms with Gasteiger partial charge in [-0.1, -0.05) is 97.1 Å². The van der Waals surface area contributed by atoms with Crippen molar-refractivity contribution in [2.45, 2.75) is 9.79 Å². The van der Waals surface area contributed by atoms with Gasteiger partial charge >= 0.3 is 59.1 Å². The Kier molecular flexibility index (Phi) is 11.9. The molecule has 0 amide bonds. The summed E-state index contributed by atoms with van der Waals surface area (Å²) in [6.45, 7) is 0. The van der Waals surface area contributed by atoms with Crippen molar-refractivity contribution in [2.75, 3.05) is 0 Å². The number of rotatable bonds is 7. The van der Waals surface area contributed by atoms with Crippen LogP contribution in [0, 0.1) is 0 Å². The molecule has 0 atom stereocenters. The molecule has 0 N–H and O–H groups in total. The molecule has 0 saturated carbocycles. The first-order valence-corrected chi connectivity index (χ1v) is 13.6. The molecule has 38 heavy (non-hydrogen) atoms. The summed E-state index contributed by atoms with van der Waals surface area (Å²) in [6.07, 6.45) is 7.16. The maximum absolute atomic E-state index is 11.2. The second-order valence-electron chi connectivity index (χ2n) is 7.96. The average Bonchev–Trinajstić information content (AvgIpc) is 2.86. The zero-order chi connectivity index (χ0) is 25.8. The molecule has 0 saturated heterocycles. The Hall–Kier alpha value is -1.82. The second-order valence-corrected chi connectivity index (χ2v) is 10.7. The van der Waals surface area contributed by atoms with Gasteiger partial charge in [0.15, 0.2) is 0 Å². The first kappa shape index (κ1) is 32.4. The van der Waals surface area contributed by atoms with E-state index in [1.807, 2.05) is 60.7 Å². The topological polar surface area (TPSA) is 114 Å². The van der Waals surface area contributed by atoms with Crippen LogP contribution in [0.15, 0.2) is 107 Å². The first-order valence-electron chi connectivity index (χ1n) is 10.8. The summed E-state index contributed by atoms with van der Waals surface area (Å²) in [5, 5.41) is 0. The predicted octanol–water partition coefficient (Wildman–Crippen LogP) is -0.489. The van der Waals surface area contributed by atoms with E-state index >= 15 is 0 Å². The van der Waals surface area contributed by atoms with E-state index < -0.39 is 20.2 Å². The zero-order valence-electron chi connectivity index (χ0n) is 20.8. The Bertz CT molecular complexity index is 1530. The van der Waals surface area contributed by atoms with E-state index in [4.69, 9.17) is 0 Å².